The monoisotopic (exact) mass is 480 g/mol. The summed E-state index contributed by atoms with van der Waals surface area (Å²) >= 11 is 0. The Bertz CT molecular complexity index is 1140. The zero-order valence-corrected chi connectivity index (χ0v) is 20.6. The van der Waals surface area contributed by atoms with Crippen LogP contribution < -0.4 is 18.9 Å². The molecule has 3 heterocycles. The van der Waals surface area contributed by atoms with E-state index < -0.39 is 0 Å². The fraction of sp³-hybridized carbons (Fsp3) is 0.444. The molecule has 1 saturated heterocycles. The van der Waals surface area contributed by atoms with Crippen molar-refractivity contribution in [3.05, 3.63) is 52.3 Å². The Balaban J connectivity index is 1.32. The van der Waals surface area contributed by atoms with E-state index in [0.29, 0.717) is 35.1 Å². The molecule has 0 radical (unpaired) electrons. The van der Waals surface area contributed by atoms with Crippen LogP contribution in [0.4, 0.5) is 0 Å². The van der Waals surface area contributed by atoms with Gasteiger partial charge in [0.2, 0.25) is 5.78 Å². The molecule has 1 fully saturated rings. The number of rotatable bonds is 7. The summed E-state index contributed by atoms with van der Waals surface area (Å²) in [6.45, 7) is 8.89. The first-order chi connectivity index (χ1) is 17.1. The summed E-state index contributed by atoms with van der Waals surface area (Å²) in [5, 5.41) is 0. The SMILES string of the molecule is COc1cccc(C=C2Oc3c(cc4c(c3C)OCN(CCCN3CCOCC3)C4)C2=O)c1OC. The number of hydrogen-bond acceptors (Lipinski definition) is 8. The number of fused-ring (bicyclic) bond motifs is 2. The van der Waals surface area contributed by atoms with Crippen LogP contribution in [-0.2, 0) is 11.3 Å². The highest BCUT2D eigenvalue weighted by Gasteiger charge is 2.34. The van der Waals surface area contributed by atoms with Gasteiger partial charge in [0.1, 0.15) is 18.2 Å². The number of ether oxygens (including phenoxy) is 5. The molecule has 0 aromatic heterocycles. The zero-order chi connectivity index (χ0) is 24.4. The number of benzene rings is 2. The molecule has 0 spiro atoms. The number of Topliss-reactive ketones (excluding diaryl/α,β-unsaturated/α-hetero) is 1. The van der Waals surface area contributed by atoms with Crippen molar-refractivity contribution in [2.45, 2.75) is 19.9 Å². The second kappa shape index (κ2) is 10.3. The largest absolute Gasteiger partial charge is 0.493 e. The first-order valence-electron chi connectivity index (χ1n) is 12.1. The maximum Gasteiger partial charge on any atom is 0.231 e. The van der Waals surface area contributed by atoms with Gasteiger partial charge in [-0.1, -0.05) is 12.1 Å². The number of para-hydroxylation sites is 1. The second-order valence-corrected chi connectivity index (χ2v) is 9.02. The quantitative estimate of drug-likeness (QED) is 0.558. The molecule has 0 amide bonds. The van der Waals surface area contributed by atoms with E-state index in [-0.39, 0.29) is 11.5 Å². The van der Waals surface area contributed by atoms with Crippen LogP contribution >= 0.6 is 0 Å². The molecule has 186 valence electrons. The van der Waals surface area contributed by atoms with Gasteiger partial charge in [-0.2, -0.15) is 0 Å². The van der Waals surface area contributed by atoms with E-state index in [1.54, 1.807) is 20.3 Å². The first kappa shape index (κ1) is 23.7. The molecular weight excluding hydrogens is 448 g/mol. The number of allylic oxidation sites excluding steroid dienone is 1. The Morgan fingerprint density at radius 2 is 1.86 bits per heavy atom. The van der Waals surface area contributed by atoms with Crippen LogP contribution in [0.2, 0.25) is 0 Å². The summed E-state index contributed by atoms with van der Waals surface area (Å²) in [5.74, 6) is 2.67. The van der Waals surface area contributed by atoms with E-state index in [4.69, 9.17) is 23.7 Å². The summed E-state index contributed by atoms with van der Waals surface area (Å²) in [6.07, 6.45) is 2.78. The summed E-state index contributed by atoms with van der Waals surface area (Å²) in [7, 11) is 3.16. The molecule has 8 heteroatoms. The van der Waals surface area contributed by atoms with Crippen molar-refractivity contribution >= 4 is 11.9 Å². The lowest BCUT2D eigenvalue weighted by Crippen LogP contribution is -2.39. The second-order valence-electron chi connectivity index (χ2n) is 9.02. The van der Waals surface area contributed by atoms with Crippen LogP contribution in [-0.4, -0.2) is 75.9 Å². The normalized spacial score (nSPS) is 19.2. The maximum atomic E-state index is 13.3. The summed E-state index contributed by atoms with van der Waals surface area (Å²) in [6, 6.07) is 7.46. The van der Waals surface area contributed by atoms with Crippen molar-refractivity contribution < 1.29 is 28.5 Å². The van der Waals surface area contributed by atoms with Crippen molar-refractivity contribution in [1.82, 2.24) is 9.80 Å². The number of hydrogen-bond donors (Lipinski definition) is 0. The first-order valence-corrected chi connectivity index (χ1v) is 12.1. The molecule has 0 aliphatic carbocycles. The molecule has 3 aliphatic heterocycles. The fourth-order valence-corrected chi connectivity index (χ4v) is 4.95. The Labute approximate surface area is 206 Å². The Morgan fingerprint density at radius 1 is 1.06 bits per heavy atom. The Hall–Kier alpha value is -3.07. The molecule has 0 atom stereocenters. The van der Waals surface area contributed by atoms with E-state index in [9.17, 15) is 4.79 Å². The number of methoxy groups -OCH3 is 2. The van der Waals surface area contributed by atoms with Crippen LogP contribution in [0, 0.1) is 6.92 Å². The van der Waals surface area contributed by atoms with Crippen molar-refractivity contribution in [3.8, 4) is 23.0 Å². The van der Waals surface area contributed by atoms with Crippen molar-refractivity contribution in [3.63, 3.8) is 0 Å². The van der Waals surface area contributed by atoms with Gasteiger partial charge in [-0.3, -0.25) is 14.6 Å². The Morgan fingerprint density at radius 3 is 2.63 bits per heavy atom. The average molecular weight is 481 g/mol. The smallest absolute Gasteiger partial charge is 0.231 e. The minimum atomic E-state index is -0.139. The number of nitrogens with zero attached hydrogens (tertiary/aromatic N) is 2. The van der Waals surface area contributed by atoms with E-state index in [1.807, 2.05) is 31.2 Å². The van der Waals surface area contributed by atoms with E-state index in [1.165, 1.54) is 0 Å². The molecular formula is C27H32N2O6. The lowest BCUT2D eigenvalue weighted by atomic mass is 10.00. The third-order valence-electron chi connectivity index (χ3n) is 6.77. The standard InChI is InChI=1S/C27H32N2O6/c1-18-25-20(16-29(17-34-25)9-5-8-28-10-12-33-13-11-28)14-21-24(30)23(35-26(18)21)15-19-6-4-7-22(31-2)27(19)32-3/h4,6-7,14-15H,5,8-13,16-17H2,1-3H3. The predicted octanol–water partition coefficient (Wildman–Crippen LogP) is 3.50. The third kappa shape index (κ3) is 4.74. The van der Waals surface area contributed by atoms with Gasteiger partial charge in [0.25, 0.3) is 0 Å². The molecule has 2 aromatic rings. The third-order valence-corrected chi connectivity index (χ3v) is 6.77. The van der Waals surface area contributed by atoms with Gasteiger partial charge >= 0.3 is 0 Å². The van der Waals surface area contributed by atoms with E-state index in [2.05, 4.69) is 9.80 Å². The summed E-state index contributed by atoms with van der Waals surface area (Å²) < 4.78 is 28.5. The van der Waals surface area contributed by atoms with Gasteiger partial charge in [0.15, 0.2) is 17.3 Å². The molecule has 0 N–H and O–H groups in total. The van der Waals surface area contributed by atoms with Crippen molar-refractivity contribution in [2.24, 2.45) is 0 Å². The van der Waals surface area contributed by atoms with Gasteiger partial charge in [-0.05, 0) is 38.1 Å². The van der Waals surface area contributed by atoms with Gasteiger partial charge in [-0.25, -0.2) is 0 Å². The molecule has 35 heavy (non-hydrogen) atoms. The number of ketones is 1. The molecule has 5 rings (SSSR count). The predicted molar refractivity (Wildman–Crippen MR) is 131 cm³/mol. The molecule has 0 unspecified atom stereocenters. The van der Waals surface area contributed by atoms with Gasteiger partial charge in [-0.15, -0.1) is 0 Å². The highest BCUT2D eigenvalue weighted by molar-refractivity contribution is 6.15. The topological polar surface area (TPSA) is 69.7 Å². The molecule has 8 nitrogen and oxygen atoms in total. The maximum absolute atomic E-state index is 13.3. The van der Waals surface area contributed by atoms with Gasteiger partial charge in [0.05, 0.1) is 33.0 Å². The highest BCUT2D eigenvalue weighted by atomic mass is 16.5. The lowest BCUT2D eigenvalue weighted by Gasteiger charge is -2.31. The molecule has 2 aromatic carbocycles. The fourth-order valence-electron chi connectivity index (χ4n) is 4.95. The van der Waals surface area contributed by atoms with Crippen molar-refractivity contribution in [2.75, 3.05) is 60.3 Å². The van der Waals surface area contributed by atoms with Gasteiger partial charge < -0.3 is 23.7 Å². The van der Waals surface area contributed by atoms with Crippen molar-refractivity contribution in [1.29, 1.82) is 0 Å². The molecule has 0 saturated carbocycles. The minimum Gasteiger partial charge on any atom is -0.493 e. The average Bonchev–Trinajstić information content (AvgIpc) is 3.19. The minimum absolute atomic E-state index is 0.139. The lowest BCUT2D eigenvalue weighted by molar-refractivity contribution is 0.0329. The van der Waals surface area contributed by atoms with Crippen LogP contribution in [0.5, 0.6) is 23.0 Å². The van der Waals surface area contributed by atoms with E-state index >= 15 is 0 Å². The highest BCUT2D eigenvalue weighted by Crippen LogP contribution is 2.44. The van der Waals surface area contributed by atoms with Crippen LogP contribution in [0.1, 0.15) is 33.5 Å². The van der Waals surface area contributed by atoms with E-state index in [0.717, 1.165) is 69.2 Å². The number of morpholine rings is 1. The molecule has 0 bridgehead atoms. The van der Waals surface area contributed by atoms with Gasteiger partial charge in [0, 0.05) is 42.9 Å². The van der Waals surface area contributed by atoms with Crippen LogP contribution in [0.25, 0.3) is 6.08 Å². The van der Waals surface area contributed by atoms with Crippen LogP contribution in [0.3, 0.4) is 0 Å². The summed E-state index contributed by atoms with van der Waals surface area (Å²) in [5.41, 5.74) is 3.18. The van der Waals surface area contributed by atoms with Crippen LogP contribution in [0.15, 0.2) is 30.0 Å². The number of carbonyl (C=O) groups excluding carboxylic acids is 1. The molecule has 3 aliphatic rings. The summed E-state index contributed by atoms with van der Waals surface area (Å²) in [4.78, 5) is 18.0. The number of carbonyl (C=O) groups is 1. The zero-order valence-electron chi connectivity index (χ0n) is 20.6. The Kier molecular flexibility index (Phi) is 6.95.